The minimum Gasteiger partial charge on any atom is -1.00 e. The Morgan fingerprint density at radius 1 is 0.862 bits per heavy atom. The summed E-state index contributed by atoms with van der Waals surface area (Å²) in [7, 11) is 0. The molecule has 29 heavy (non-hydrogen) atoms. The van der Waals surface area contributed by atoms with Crippen LogP contribution in [0.2, 0.25) is 0 Å². The van der Waals surface area contributed by atoms with Gasteiger partial charge in [0.05, 0.1) is 0 Å². The first kappa shape index (κ1) is 24.6. The summed E-state index contributed by atoms with van der Waals surface area (Å²) in [6.07, 6.45) is 5.59. The molecular formula is C24H15BrCl2SZr. The average molecular weight is 577 g/mol. The Labute approximate surface area is 215 Å². The fraction of sp³-hybridized carbons (Fsp3) is 0.0417. The van der Waals surface area contributed by atoms with Gasteiger partial charge < -0.3 is 24.8 Å². The molecule has 0 N–H and O–H groups in total. The first-order valence-corrected chi connectivity index (χ1v) is 10.2. The first-order chi connectivity index (χ1) is 12.8. The third kappa shape index (κ3) is 5.14. The van der Waals surface area contributed by atoms with Gasteiger partial charge in [-0.1, -0.05) is 74.0 Å². The minimum atomic E-state index is 0. The summed E-state index contributed by atoms with van der Waals surface area (Å²) in [6.45, 7) is 0. The number of benzene rings is 3. The largest absolute Gasteiger partial charge is 4.00 e. The molecule has 0 saturated carbocycles. The Kier molecular flexibility index (Phi) is 8.94. The maximum atomic E-state index is 3.46. The molecule has 7 rings (SSSR count). The molecule has 4 aromatic rings. The average Bonchev–Trinajstić information content (AvgIpc) is 3.25. The number of fused-ring (bicyclic) bond motifs is 2. The van der Waals surface area contributed by atoms with E-state index in [4.69, 9.17) is 0 Å². The molecule has 0 nitrogen and oxygen atoms in total. The second-order valence-electron chi connectivity index (χ2n) is 6.51. The van der Waals surface area contributed by atoms with Crippen LogP contribution >= 0.6 is 27.7 Å². The van der Waals surface area contributed by atoms with Crippen molar-refractivity contribution < 1.29 is 51.0 Å². The summed E-state index contributed by atoms with van der Waals surface area (Å²) in [5.41, 5.74) is 4.08. The third-order valence-corrected chi connectivity index (χ3v) is 6.22. The fourth-order valence-corrected chi connectivity index (χ4v) is 4.98. The zero-order chi connectivity index (χ0) is 17.5. The van der Waals surface area contributed by atoms with E-state index >= 15 is 0 Å². The van der Waals surface area contributed by atoms with Crippen LogP contribution in [-0.2, 0) is 26.2 Å². The van der Waals surface area contributed by atoms with Gasteiger partial charge in [-0.05, 0) is 17.0 Å². The maximum absolute atomic E-state index is 3.46. The van der Waals surface area contributed by atoms with Crippen LogP contribution in [0, 0.1) is 6.08 Å². The van der Waals surface area contributed by atoms with Crippen LogP contribution in [0.15, 0.2) is 93.1 Å². The zero-order valence-electron chi connectivity index (χ0n) is 15.2. The number of halogens is 3. The van der Waals surface area contributed by atoms with Crippen molar-refractivity contribution in [3.05, 3.63) is 106 Å². The Hall–Kier alpha value is -0.697. The van der Waals surface area contributed by atoms with Crippen molar-refractivity contribution in [3.63, 3.8) is 0 Å². The van der Waals surface area contributed by atoms with Crippen molar-refractivity contribution in [2.45, 2.75) is 15.7 Å². The van der Waals surface area contributed by atoms with E-state index in [1.807, 2.05) is 11.8 Å². The monoisotopic (exact) mass is 574 g/mol. The number of rotatable bonds is 0. The topological polar surface area (TPSA) is 0 Å². The van der Waals surface area contributed by atoms with Gasteiger partial charge in [0.15, 0.2) is 0 Å². The van der Waals surface area contributed by atoms with Gasteiger partial charge in [0.25, 0.3) is 0 Å². The standard InChI is InChI=1S/C15H9S.C9H6Br.2ClH.Zr/c1-2-10-8-12(3-1)16-13-5-7-15-11(9-13)4-6-14(10)15;10-9-5-7-3-1-2-4-8(7)6-9;;;/h1-5,7-9,14H;1-6H;2*1H;/q2*-1;;;+4/p-2. The van der Waals surface area contributed by atoms with Crippen molar-refractivity contribution in [2.75, 3.05) is 0 Å². The molecule has 0 spiro atoms. The molecule has 0 aromatic heterocycles. The molecule has 0 saturated heterocycles. The smallest absolute Gasteiger partial charge is 1.00 e. The predicted molar refractivity (Wildman–Crippen MR) is 114 cm³/mol. The summed E-state index contributed by atoms with van der Waals surface area (Å²) >= 11 is 5.26. The molecule has 2 aliphatic heterocycles. The fourth-order valence-electron chi connectivity index (χ4n) is 3.55. The van der Waals surface area contributed by atoms with E-state index in [0.717, 1.165) is 4.47 Å². The third-order valence-electron chi connectivity index (χ3n) is 4.78. The van der Waals surface area contributed by atoms with E-state index in [9.17, 15) is 0 Å². The molecule has 142 valence electrons. The molecule has 0 fully saturated rings. The molecule has 5 heteroatoms. The van der Waals surface area contributed by atoms with E-state index in [2.05, 4.69) is 107 Å². The van der Waals surface area contributed by atoms with Crippen molar-refractivity contribution >= 4 is 44.5 Å². The zero-order valence-corrected chi connectivity index (χ0v) is 21.6. The SMILES string of the molecule is Brc1cc2ccccc2[cH-]1.[C-]1=Cc2cc3ccc2C1c1cccc(c1)S3.[Cl-].[Cl-].[Zr+4]. The van der Waals surface area contributed by atoms with Gasteiger partial charge in [0.1, 0.15) is 0 Å². The van der Waals surface area contributed by atoms with Gasteiger partial charge in [0, 0.05) is 4.90 Å². The van der Waals surface area contributed by atoms with Crippen LogP contribution in [0.3, 0.4) is 0 Å². The minimum absolute atomic E-state index is 0. The number of allylic oxidation sites excluding steroid dienone is 1. The normalized spacial score (nSPS) is 14.3. The Balaban J connectivity index is 0.000000204. The Bertz CT molecular complexity index is 1120. The van der Waals surface area contributed by atoms with Crippen molar-refractivity contribution in [3.8, 4) is 0 Å². The second kappa shape index (κ2) is 10.6. The van der Waals surface area contributed by atoms with Crippen LogP contribution in [0.25, 0.3) is 16.8 Å². The van der Waals surface area contributed by atoms with Gasteiger partial charge >= 0.3 is 26.2 Å². The van der Waals surface area contributed by atoms with Gasteiger partial charge in [-0.25, -0.2) is 6.08 Å². The van der Waals surface area contributed by atoms with Gasteiger partial charge in [-0.2, -0.15) is 11.6 Å². The van der Waals surface area contributed by atoms with Gasteiger partial charge in [0.2, 0.25) is 0 Å². The molecule has 4 aromatic carbocycles. The summed E-state index contributed by atoms with van der Waals surface area (Å²) in [5, 5.41) is 2.60. The number of hydrogen-bond acceptors (Lipinski definition) is 1. The first-order valence-electron chi connectivity index (χ1n) is 8.58. The van der Waals surface area contributed by atoms with Crippen LogP contribution in [-0.4, -0.2) is 0 Å². The second-order valence-corrected chi connectivity index (χ2v) is 8.57. The van der Waals surface area contributed by atoms with Gasteiger partial charge in [-0.3, -0.25) is 6.08 Å². The molecule has 1 unspecified atom stereocenters. The molecular weight excluding hydrogens is 562 g/mol. The van der Waals surface area contributed by atoms with E-state index in [1.54, 1.807) is 0 Å². The van der Waals surface area contributed by atoms with Gasteiger partial charge in [-0.15, -0.1) is 46.7 Å². The van der Waals surface area contributed by atoms with Crippen LogP contribution < -0.4 is 24.8 Å². The summed E-state index contributed by atoms with van der Waals surface area (Å²) < 4.78 is 1.16. The van der Waals surface area contributed by atoms with Crippen molar-refractivity contribution in [1.29, 1.82) is 0 Å². The molecule has 3 aliphatic rings. The van der Waals surface area contributed by atoms with E-state index < -0.39 is 0 Å². The summed E-state index contributed by atoms with van der Waals surface area (Å²) in [5.74, 6) is 0.336. The molecule has 1 aliphatic carbocycles. The van der Waals surface area contributed by atoms with E-state index in [-0.39, 0.29) is 51.0 Å². The molecule has 1 atom stereocenters. The van der Waals surface area contributed by atoms with Crippen molar-refractivity contribution in [2.24, 2.45) is 0 Å². The molecule has 2 heterocycles. The van der Waals surface area contributed by atoms with Crippen LogP contribution in [0.4, 0.5) is 0 Å². The Morgan fingerprint density at radius 2 is 1.66 bits per heavy atom. The predicted octanol–water partition coefficient (Wildman–Crippen LogP) is 1.44. The Morgan fingerprint density at radius 3 is 2.48 bits per heavy atom. The summed E-state index contributed by atoms with van der Waals surface area (Å²) in [6, 6.07) is 28.1. The maximum Gasteiger partial charge on any atom is 4.00 e. The number of hydrogen-bond donors (Lipinski definition) is 0. The summed E-state index contributed by atoms with van der Waals surface area (Å²) in [4.78, 5) is 2.64. The quantitative estimate of drug-likeness (QED) is 0.286. The van der Waals surface area contributed by atoms with Crippen molar-refractivity contribution in [1.82, 2.24) is 0 Å². The molecule has 6 bridgehead atoms. The molecule has 0 radical (unpaired) electrons. The van der Waals surface area contributed by atoms with Crippen LogP contribution in [0.1, 0.15) is 22.6 Å². The van der Waals surface area contributed by atoms with Crippen LogP contribution in [0.5, 0.6) is 0 Å². The van der Waals surface area contributed by atoms with E-state index in [0.29, 0.717) is 5.92 Å². The molecule has 0 amide bonds. The van der Waals surface area contributed by atoms with E-state index in [1.165, 1.54) is 37.3 Å².